The normalized spacial score (nSPS) is 47.6. The third kappa shape index (κ3) is 1.97. The van der Waals surface area contributed by atoms with Crippen molar-refractivity contribution in [3.63, 3.8) is 0 Å². The number of phosphoric acid groups is 1. The molecule has 1 saturated carbocycles. The Kier molecular flexibility index (Phi) is 3.40. The molecule has 2 rings (SSSR count). The highest BCUT2D eigenvalue weighted by Gasteiger charge is 2.78. The van der Waals surface area contributed by atoms with Crippen LogP contribution in [0.4, 0.5) is 0 Å². The third-order valence-electron chi connectivity index (χ3n) is 3.65. The Morgan fingerprint density at radius 3 is 2.65 bits per heavy atom. The molecule has 2 aliphatic rings. The maximum Gasteiger partial charge on any atom is 0.472 e. The molecule has 7 heteroatoms. The second-order valence-corrected chi connectivity index (χ2v) is 5.92. The van der Waals surface area contributed by atoms with E-state index in [4.69, 9.17) is 18.5 Å². The highest BCUT2D eigenvalue weighted by Crippen LogP contribution is 2.64. The van der Waals surface area contributed by atoms with Crippen LogP contribution < -0.4 is 0 Å². The topological polar surface area (TPSA) is 74.2 Å². The smallest absolute Gasteiger partial charge is 0.375 e. The molecule has 6 atom stereocenters. The highest BCUT2D eigenvalue weighted by atomic mass is 31.2. The van der Waals surface area contributed by atoms with Gasteiger partial charge in [0.2, 0.25) is 0 Å². The molecule has 1 aliphatic carbocycles. The molecule has 6 unspecified atom stereocenters. The molecule has 0 radical (unpaired) electrons. The van der Waals surface area contributed by atoms with Crippen LogP contribution in [0.1, 0.15) is 20.8 Å². The van der Waals surface area contributed by atoms with E-state index in [-0.39, 0.29) is 30.8 Å². The van der Waals surface area contributed by atoms with Crippen molar-refractivity contribution < 1.29 is 28.0 Å². The summed E-state index contributed by atoms with van der Waals surface area (Å²) in [7, 11) is -2.50. The fourth-order valence-corrected chi connectivity index (χ4v) is 3.77. The summed E-state index contributed by atoms with van der Waals surface area (Å²) in [4.78, 5) is 9.58. The van der Waals surface area contributed by atoms with E-state index in [9.17, 15) is 9.46 Å². The second-order valence-electron chi connectivity index (χ2n) is 4.54. The summed E-state index contributed by atoms with van der Waals surface area (Å²) in [6.07, 6.45) is -0.596. The van der Waals surface area contributed by atoms with E-state index in [1.165, 1.54) is 7.11 Å². The number of methoxy groups -OCH3 is 1. The molecule has 1 heterocycles. The van der Waals surface area contributed by atoms with Gasteiger partial charge in [0, 0.05) is 13.0 Å². The van der Waals surface area contributed by atoms with Gasteiger partial charge in [0.15, 0.2) is 0 Å². The van der Waals surface area contributed by atoms with Gasteiger partial charge in [0.05, 0.1) is 12.7 Å². The van der Waals surface area contributed by atoms with Gasteiger partial charge in [-0.25, -0.2) is 4.57 Å². The lowest BCUT2D eigenvalue weighted by Gasteiger charge is -2.25. The maximum absolute atomic E-state index is 11.7. The molecule has 0 aromatic carbocycles. The van der Waals surface area contributed by atoms with Crippen LogP contribution in [0.5, 0.6) is 0 Å². The number of rotatable bonds is 5. The fourth-order valence-electron chi connectivity index (χ4n) is 2.62. The molecule has 1 saturated heterocycles. The van der Waals surface area contributed by atoms with Gasteiger partial charge >= 0.3 is 7.82 Å². The number of fused-ring (bicyclic) bond motifs is 1. The minimum absolute atomic E-state index is 0.0154. The van der Waals surface area contributed by atoms with Crippen LogP contribution in [-0.4, -0.2) is 42.5 Å². The average Bonchev–Trinajstić information content (AvgIpc) is 2.75. The molecule has 6 nitrogen and oxygen atoms in total. The van der Waals surface area contributed by atoms with Gasteiger partial charge < -0.3 is 14.4 Å². The van der Waals surface area contributed by atoms with Gasteiger partial charge in [-0.05, 0) is 13.8 Å². The number of ether oxygens (including phenoxy) is 2. The summed E-state index contributed by atoms with van der Waals surface area (Å²) >= 11 is 0. The first-order chi connectivity index (χ1) is 7.89. The molecule has 2 fully saturated rings. The molecule has 1 aliphatic heterocycles. The first kappa shape index (κ1) is 13.5. The van der Waals surface area contributed by atoms with Gasteiger partial charge in [-0.2, -0.15) is 0 Å². The zero-order valence-electron chi connectivity index (χ0n) is 10.5. The van der Waals surface area contributed by atoms with Gasteiger partial charge in [-0.3, -0.25) is 9.05 Å². The molecule has 0 aromatic rings. The van der Waals surface area contributed by atoms with Gasteiger partial charge in [0.25, 0.3) is 0 Å². The van der Waals surface area contributed by atoms with Crippen molar-refractivity contribution in [2.75, 3.05) is 13.7 Å². The lowest BCUT2D eigenvalue weighted by Crippen LogP contribution is -2.32. The van der Waals surface area contributed by atoms with Gasteiger partial charge in [0.1, 0.15) is 17.8 Å². The van der Waals surface area contributed by atoms with E-state index in [0.29, 0.717) is 0 Å². The van der Waals surface area contributed by atoms with Crippen LogP contribution in [0, 0.1) is 5.92 Å². The molecule has 0 aromatic heterocycles. The monoisotopic (exact) mass is 266 g/mol. The first-order valence-corrected chi connectivity index (χ1v) is 7.25. The summed E-state index contributed by atoms with van der Waals surface area (Å²) in [6, 6.07) is 0. The lowest BCUT2D eigenvalue weighted by molar-refractivity contribution is -0.0187. The van der Waals surface area contributed by atoms with Crippen molar-refractivity contribution in [3.05, 3.63) is 0 Å². The Balaban J connectivity index is 2.15. The summed E-state index contributed by atoms with van der Waals surface area (Å²) in [6.45, 7) is 5.60. The van der Waals surface area contributed by atoms with Crippen LogP contribution in [0.3, 0.4) is 0 Å². The molecule has 100 valence electrons. The van der Waals surface area contributed by atoms with E-state index >= 15 is 0 Å². The molecule has 0 bridgehead atoms. The van der Waals surface area contributed by atoms with Crippen molar-refractivity contribution >= 4 is 7.82 Å². The average molecular weight is 266 g/mol. The van der Waals surface area contributed by atoms with Crippen LogP contribution in [0.2, 0.25) is 0 Å². The number of hydrogen-bond donors (Lipinski definition) is 1. The molecule has 1 N–H and O–H groups in total. The van der Waals surface area contributed by atoms with E-state index in [1.807, 2.05) is 13.8 Å². The Labute approximate surface area is 101 Å². The van der Waals surface area contributed by atoms with E-state index in [2.05, 4.69) is 0 Å². The summed E-state index contributed by atoms with van der Waals surface area (Å²) in [5.41, 5.74) is -0.840. The van der Waals surface area contributed by atoms with Gasteiger partial charge in [-0.15, -0.1) is 0 Å². The second kappa shape index (κ2) is 4.30. The minimum atomic E-state index is -4.04. The standard InChI is InChI=1S/C10H19O6P/c1-5-14-17(11,12)16-10-6(2)7(3)15-9(10)8(10)13-4/h6-9H,5H2,1-4H3,(H,11,12). The summed E-state index contributed by atoms with van der Waals surface area (Å²) in [5.74, 6) is -0.0154. The van der Waals surface area contributed by atoms with Crippen LogP contribution in [0.25, 0.3) is 0 Å². The highest BCUT2D eigenvalue weighted by molar-refractivity contribution is 7.47. The Morgan fingerprint density at radius 2 is 2.12 bits per heavy atom. The predicted octanol–water partition coefficient (Wildman–Crippen LogP) is 1.33. The van der Waals surface area contributed by atoms with Crippen LogP contribution >= 0.6 is 7.82 Å². The quantitative estimate of drug-likeness (QED) is 0.757. The zero-order chi connectivity index (χ0) is 12.8. The molecule has 0 amide bonds. The molecule has 0 spiro atoms. The zero-order valence-corrected chi connectivity index (χ0v) is 11.3. The minimum Gasteiger partial charge on any atom is -0.375 e. The van der Waals surface area contributed by atoms with Crippen molar-refractivity contribution in [2.45, 2.75) is 44.7 Å². The Bertz CT molecular complexity index is 348. The summed E-state index contributed by atoms with van der Waals surface area (Å²) in [5, 5.41) is 0. The number of phosphoric ester groups is 1. The predicted molar refractivity (Wildman–Crippen MR) is 59.6 cm³/mol. The first-order valence-electron chi connectivity index (χ1n) is 5.75. The lowest BCUT2D eigenvalue weighted by atomic mass is 9.98. The van der Waals surface area contributed by atoms with Crippen LogP contribution in [0.15, 0.2) is 0 Å². The van der Waals surface area contributed by atoms with E-state index in [0.717, 1.165) is 0 Å². The number of hydrogen-bond acceptors (Lipinski definition) is 5. The maximum atomic E-state index is 11.7. The van der Waals surface area contributed by atoms with E-state index < -0.39 is 13.4 Å². The third-order valence-corrected chi connectivity index (χ3v) is 4.78. The fraction of sp³-hybridized carbons (Fsp3) is 1.00. The van der Waals surface area contributed by atoms with E-state index in [1.54, 1.807) is 6.92 Å². The SMILES string of the molecule is CCOP(=O)(O)OC12C(C)C(C)OC1C2OC. The molecular weight excluding hydrogens is 247 g/mol. The Hall–Kier alpha value is 0.0300. The van der Waals surface area contributed by atoms with Crippen molar-refractivity contribution in [1.82, 2.24) is 0 Å². The van der Waals surface area contributed by atoms with Gasteiger partial charge in [-0.1, -0.05) is 6.92 Å². The summed E-state index contributed by atoms with van der Waals surface area (Å²) < 4.78 is 32.7. The van der Waals surface area contributed by atoms with Crippen molar-refractivity contribution in [2.24, 2.45) is 5.92 Å². The Morgan fingerprint density at radius 1 is 1.47 bits per heavy atom. The van der Waals surface area contributed by atoms with Crippen molar-refractivity contribution in [3.8, 4) is 0 Å². The molecule has 17 heavy (non-hydrogen) atoms. The largest absolute Gasteiger partial charge is 0.472 e. The van der Waals surface area contributed by atoms with Crippen molar-refractivity contribution in [1.29, 1.82) is 0 Å². The molecular formula is C10H19O6P. The van der Waals surface area contributed by atoms with Crippen LogP contribution in [-0.2, 0) is 23.1 Å².